The van der Waals surface area contributed by atoms with Crippen LogP contribution >= 0.6 is 0 Å². The van der Waals surface area contributed by atoms with Crippen LogP contribution in [0.3, 0.4) is 0 Å². The standard InChI is InChI=1S/C14H25NO/c1-4-6-7-8-14(15-9-5-2)13-10-12(3)16-11-13/h12-15H,5,7-11H2,1-3H3. The van der Waals surface area contributed by atoms with Crippen molar-refractivity contribution in [2.75, 3.05) is 13.2 Å². The Morgan fingerprint density at radius 1 is 1.50 bits per heavy atom. The van der Waals surface area contributed by atoms with E-state index in [2.05, 4.69) is 31.0 Å². The van der Waals surface area contributed by atoms with E-state index in [1.165, 1.54) is 12.8 Å². The first-order chi connectivity index (χ1) is 7.77. The third kappa shape index (κ3) is 4.55. The molecule has 3 unspecified atom stereocenters. The van der Waals surface area contributed by atoms with Gasteiger partial charge in [-0.25, -0.2) is 0 Å². The van der Waals surface area contributed by atoms with Crippen molar-refractivity contribution in [3.63, 3.8) is 0 Å². The molecule has 1 aliphatic heterocycles. The van der Waals surface area contributed by atoms with E-state index in [4.69, 9.17) is 4.74 Å². The highest BCUT2D eigenvalue weighted by Gasteiger charge is 2.28. The first-order valence-electron chi connectivity index (χ1n) is 6.52. The molecule has 2 nitrogen and oxygen atoms in total. The summed E-state index contributed by atoms with van der Waals surface area (Å²) in [6.07, 6.45) is 4.98. The van der Waals surface area contributed by atoms with Crippen molar-refractivity contribution in [1.29, 1.82) is 0 Å². The van der Waals surface area contributed by atoms with Crippen molar-refractivity contribution in [3.05, 3.63) is 0 Å². The van der Waals surface area contributed by atoms with Gasteiger partial charge in [0.25, 0.3) is 0 Å². The Hall–Kier alpha value is -0.520. The van der Waals surface area contributed by atoms with Gasteiger partial charge < -0.3 is 10.1 Å². The van der Waals surface area contributed by atoms with Gasteiger partial charge in [0.05, 0.1) is 12.7 Å². The van der Waals surface area contributed by atoms with Crippen molar-refractivity contribution in [1.82, 2.24) is 5.32 Å². The summed E-state index contributed by atoms with van der Waals surface area (Å²) in [5.41, 5.74) is 0. The van der Waals surface area contributed by atoms with Gasteiger partial charge in [0.1, 0.15) is 0 Å². The van der Waals surface area contributed by atoms with E-state index in [1.54, 1.807) is 0 Å². The zero-order valence-electron chi connectivity index (χ0n) is 10.9. The third-order valence-electron chi connectivity index (χ3n) is 3.21. The Bertz CT molecular complexity index is 241. The molecule has 0 aliphatic carbocycles. The molecular weight excluding hydrogens is 198 g/mol. The van der Waals surface area contributed by atoms with Gasteiger partial charge in [-0.3, -0.25) is 0 Å². The lowest BCUT2D eigenvalue weighted by atomic mass is 9.93. The normalized spacial score (nSPS) is 26.2. The van der Waals surface area contributed by atoms with Crippen LogP contribution in [0.25, 0.3) is 0 Å². The van der Waals surface area contributed by atoms with Gasteiger partial charge in [0.15, 0.2) is 0 Å². The second-order valence-electron chi connectivity index (χ2n) is 4.67. The molecule has 2 heteroatoms. The number of hydrogen-bond acceptors (Lipinski definition) is 2. The first-order valence-corrected chi connectivity index (χ1v) is 6.52. The molecule has 0 bridgehead atoms. The van der Waals surface area contributed by atoms with Crippen LogP contribution in [-0.2, 0) is 4.74 Å². The van der Waals surface area contributed by atoms with Crippen LogP contribution in [0.15, 0.2) is 0 Å². The highest BCUT2D eigenvalue weighted by atomic mass is 16.5. The maximum absolute atomic E-state index is 5.66. The van der Waals surface area contributed by atoms with Crippen LogP contribution in [0.5, 0.6) is 0 Å². The Balaban J connectivity index is 2.38. The van der Waals surface area contributed by atoms with Gasteiger partial charge in [0, 0.05) is 18.4 Å². The highest BCUT2D eigenvalue weighted by Crippen LogP contribution is 2.24. The summed E-state index contributed by atoms with van der Waals surface area (Å²) in [5, 5.41) is 3.64. The van der Waals surface area contributed by atoms with E-state index in [0.29, 0.717) is 18.1 Å². The topological polar surface area (TPSA) is 21.3 Å². The molecule has 1 heterocycles. The van der Waals surface area contributed by atoms with Crippen LogP contribution in [0, 0.1) is 17.8 Å². The molecule has 0 amide bonds. The molecule has 0 aromatic carbocycles. The van der Waals surface area contributed by atoms with Gasteiger partial charge >= 0.3 is 0 Å². The monoisotopic (exact) mass is 223 g/mol. The average molecular weight is 223 g/mol. The summed E-state index contributed by atoms with van der Waals surface area (Å²) in [7, 11) is 0. The van der Waals surface area contributed by atoms with E-state index in [-0.39, 0.29) is 0 Å². The molecule has 16 heavy (non-hydrogen) atoms. The van der Waals surface area contributed by atoms with Crippen molar-refractivity contribution in [2.45, 2.75) is 58.6 Å². The number of hydrogen-bond donors (Lipinski definition) is 1. The Labute approximate surface area is 100 Å². The van der Waals surface area contributed by atoms with E-state index in [0.717, 1.165) is 26.0 Å². The van der Waals surface area contributed by atoms with Crippen LogP contribution in [0.2, 0.25) is 0 Å². The summed E-state index contributed by atoms with van der Waals surface area (Å²) in [6.45, 7) is 8.32. The fourth-order valence-electron chi connectivity index (χ4n) is 2.32. The van der Waals surface area contributed by atoms with Crippen molar-refractivity contribution in [3.8, 4) is 11.8 Å². The van der Waals surface area contributed by atoms with Gasteiger partial charge in [-0.2, -0.15) is 0 Å². The maximum atomic E-state index is 5.66. The Kier molecular flexibility index (Phi) is 6.52. The molecule has 1 N–H and O–H groups in total. The van der Waals surface area contributed by atoms with Crippen molar-refractivity contribution >= 4 is 0 Å². The minimum Gasteiger partial charge on any atom is -0.378 e. The fraction of sp³-hybridized carbons (Fsp3) is 0.857. The molecule has 0 radical (unpaired) electrons. The summed E-state index contributed by atoms with van der Waals surface area (Å²) in [5.74, 6) is 6.81. The molecule has 0 aromatic rings. The largest absolute Gasteiger partial charge is 0.378 e. The number of nitrogens with one attached hydrogen (secondary N) is 1. The summed E-state index contributed by atoms with van der Waals surface area (Å²) >= 11 is 0. The molecule has 0 spiro atoms. The van der Waals surface area contributed by atoms with Gasteiger partial charge in [-0.05, 0) is 39.7 Å². The summed E-state index contributed by atoms with van der Waals surface area (Å²) < 4.78 is 5.66. The smallest absolute Gasteiger partial charge is 0.0551 e. The van der Waals surface area contributed by atoms with Gasteiger partial charge in [0.2, 0.25) is 0 Å². The predicted octanol–water partition coefficient (Wildman–Crippen LogP) is 2.58. The Morgan fingerprint density at radius 2 is 2.31 bits per heavy atom. The quantitative estimate of drug-likeness (QED) is 0.699. The lowest BCUT2D eigenvalue weighted by Crippen LogP contribution is -2.37. The average Bonchev–Trinajstić information content (AvgIpc) is 2.70. The first kappa shape index (κ1) is 13.5. The molecular formula is C14H25NO. The molecule has 1 saturated heterocycles. The second kappa shape index (κ2) is 7.70. The highest BCUT2D eigenvalue weighted by molar-refractivity contribution is 4.96. The molecule has 1 rings (SSSR count). The van der Waals surface area contributed by atoms with Crippen LogP contribution in [-0.4, -0.2) is 25.3 Å². The van der Waals surface area contributed by atoms with E-state index in [9.17, 15) is 0 Å². The van der Waals surface area contributed by atoms with Crippen molar-refractivity contribution in [2.24, 2.45) is 5.92 Å². The minimum atomic E-state index is 0.438. The van der Waals surface area contributed by atoms with E-state index < -0.39 is 0 Å². The fourth-order valence-corrected chi connectivity index (χ4v) is 2.32. The molecule has 92 valence electrons. The number of ether oxygens (including phenoxy) is 1. The molecule has 3 atom stereocenters. The van der Waals surface area contributed by atoms with E-state index >= 15 is 0 Å². The van der Waals surface area contributed by atoms with Gasteiger partial charge in [-0.1, -0.05) is 6.92 Å². The SMILES string of the molecule is CC#CCCC(NCCC)C1COC(C)C1. The van der Waals surface area contributed by atoms with Gasteiger partial charge in [-0.15, -0.1) is 11.8 Å². The maximum Gasteiger partial charge on any atom is 0.0551 e. The van der Waals surface area contributed by atoms with Crippen LogP contribution < -0.4 is 5.32 Å². The lowest BCUT2D eigenvalue weighted by Gasteiger charge is -2.23. The zero-order chi connectivity index (χ0) is 11.8. The molecule has 0 saturated carbocycles. The minimum absolute atomic E-state index is 0.438. The predicted molar refractivity (Wildman–Crippen MR) is 68.3 cm³/mol. The Morgan fingerprint density at radius 3 is 2.88 bits per heavy atom. The number of rotatable bonds is 6. The molecule has 1 aliphatic rings. The molecule has 1 fully saturated rings. The summed E-state index contributed by atoms with van der Waals surface area (Å²) in [4.78, 5) is 0. The second-order valence-corrected chi connectivity index (χ2v) is 4.67. The van der Waals surface area contributed by atoms with Crippen LogP contribution in [0.1, 0.15) is 46.5 Å². The lowest BCUT2D eigenvalue weighted by molar-refractivity contribution is 0.116. The summed E-state index contributed by atoms with van der Waals surface area (Å²) in [6, 6.07) is 0.589. The van der Waals surface area contributed by atoms with Crippen molar-refractivity contribution < 1.29 is 4.74 Å². The third-order valence-corrected chi connectivity index (χ3v) is 3.21. The molecule has 0 aromatic heterocycles. The van der Waals surface area contributed by atoms with E-state index in [1.807, 2.05) is 6.92 Å². The zero-order valence-corrected chi connectivity index (χ0v) is 10.9. The van der Waals surface area contributed by atoms with Crippen LogP contribution in [0.4, 0.5) is 0 Å².